The molecule has 1 atom stereocenters. The molecule has 0 aliphatic carbocycles. The number of carbonyl (C=O) groups is 1. The Balaban J connectivity index is 1.73. The van der Waals surface area contributed by atoms with E-state index in [2.05, 4.69) is 10.6 Å². The second kappa shape index (κ2) is 6.90. The van der Waals surface area contributed by atoms with E-state index in [9.17, 15) is 9.90 Å². The first-order valence-electron chi connectivity index (χ1n) is 7.49. The Morgan fingerprint density at radius 3 is 2.75 bits per heavy atom. The molecular formula is C18H18N2O3S. The van der Waals surface area contributed by atoms with Crippen LogP contribution in [0.2, 0.25) is 0 Å². The largest absolute Gasteiger partial charge is 0.472 e. The molecule has 24 heavy (non-hydrogen) atoms. The Morgan fingerprint density at radius 2 is 2.08 bits per heavy atom. The van der Waals surface area contributed by atoms with E-state index < -0.39 is 5.60 Å². The Labute approximate surface area is 143 Å². The molecule has 2 amide bonds. The number of aryl methyl sites for hydroxylation is 1. The molecule has 0 saturated heterocycles. The van der Waals surface area contributed by atoms with Gasteiger partial charge in [0.15, 0.2) is 0 Å². The van der Waals surface area contributed by atoms with Gasteiger partial charge in [0, 0.05) is 16.1 Å². The van der Waals surface area contributed by atoms with Gasteiger partial charge in [-0.15, -0.1) is 11.3 Å². The van der Waals surface area contributed by atoms with Crippen LogP contribution in [0.1, 0.15) is 16.0 Å². The quantitative estimate of drug-likeness (QED) is 0.662. The van der Waals surface area contributed by atoms with Gasteiger partial charge in [-0.1, -0.05) is 24.3 Å². The minimum Gasteiger partial charge on any atom is -0.472 e. The van der Waals surface area contributed by atoms with Crippen molar-refractivity contribution in [3.63, 3.8) is 0 Å². The number of hydrogen-bond acceptors (Lipinski definition) is 4. The van der Waals surface area contributed by atoms with Gasteiger partial charge < -0.3 is 20.2 Å². The van der Waals surface area contributed by atoms with Crippen molar-refractivity contribution in [3.05, 3.63) is 76.4 Å². The lowest BCUT2D eigenvalue weighted by Gasteiger charge is -2.26. The summed E-state index contributed by atoms with van der Waals surface area (Å²) in [6.45, 7) is 1.95. The molecular weight excluding hydrogens is 324 g/mol. The molecule has 0 spiro atoms. The van der Waals surface area contributed by atoms with Gasteiger partial charge in [-0.05, 0) is 36.1 Å². The van der Waals surface area contributed by atoms with Crippen LogP contribution in [0.25, 0.3) is 0 Å². The lowest BCUT2D eigenvalue weighted by Crippen LogP contribution is -2.42. The van der Waals surface area contributed by atoms with Gasteiger partial charge in [-0.25, -0.2) is 4.79 Å². The normalized spacial score (nSPS) is 13.2. The number of amides is 2. The number of aliphatic hydroxyl groups is 1. The van der Waals surface area contributed by atoms with Crippen LogP contribution in [0.15, 0.2) is 64.8 Å². The van der Waals surface area contributed by atoms with Crippen LogP contribution in [0.4, 0.5) is 10.5 Å². The molecule has 0 radical (unpaired) electrons. The number of urea groups is 1. The number of carbonyl (C=O) groups excluding carboxylic acids is 1. The zero-order valence-electron chi connectivity index (χ0n) is 13.2. The predicted octanol–water partition coefficient (Wildman–Crippen LogP) is 3.71. The second-order valence-corrected chi connectivity index (χ2v) is 6.42. The smallest absolute Gasteiger partial charge is 0.319 e. The van der Waals surface area contributed by atoms with Gasteiger partial charge in [-0.2, -0.15) is 0 Å². The van der Waals surface area contributed by atoms with E-state index in [0.717, 1.165) is 16.1 Å². The van der Waals surface area contributed by atoms with Crippen molar-refractivity contribution < 1.29 is 14.3 Å². The van der Waals surface area contributed by atoms with E-state index in [1.165, 1.54) is 23.9 Å². The van der Waals surface area contributed by atoms with Gasteiger partial charge in [-0.3, -0.25) is 0 Å². The first-order valence-corrected chi connectivity index (χ1v) is 8.37. The van der Waals surface area contributed by atoms with Gasteiger partial charge in [0.1, 0.15) is 5.60 Å². The summed E-state index contributed by atoms with van der Waals surface area (Å²) < 4.78 is 5.09. The van der Waals surface area contributed by atoms with Crippen molar-refractivity contribution in [3.8, 4) is 0 Å². The molecule has 1 aromatic carbocycles. The summed E-state index contributed by atoms with van der Waals surface area (Å²) in [6.07, 6.45) is 2.99. The molecule has 0 saturated carbocycles. The average molecular weight is 342 g/mol. The number of rotatable bonds is 5. The Hall–Kier alpha value is -2.57. The Bertz CT molecular complexity index is 763. The lowest BCUT2D eigenvalue weighted by molar-refractivity contribution is 0.0859. The van der Waals surface area contributed by atoms with Crippen LogP contribution in [0, 0.1) is 6.92 Å². The molecule has 0 unspecified atom stereocenters. The fraction of sp³-hybridized carbons (Fsp3) is 0.167. The predicted molar refractivity (Wildman–Crippen MR) is 94.2 cm³/mol. The maximum atomic E-state index is 12.2. The number of hydrogen-bond donors (Lipinski definition) is 3. The summed E-state index contributed by atoms with van der Waals surface area (Å²) in [7, 11) is 0. The third-order valence-electron chi connectivity index (χ3n) is 3.83. The third-order valence-corrected chi connectivity index (χ3v) is 4.85. The van der Waals surface area contributed by atoms with Crippen molar-refractivity contribution >= 4 is 23.1 Å². The van der Waals surface area contributed by atoms with E-state index in [1.807, 2.05) is 48.7 Å². The zero-order valence-corrected chi connectivity index (χ0v) is 14.0. The molecule has 2 aromatic heterocycles. The molecule has 0 fully saturated rings. The van der Waals surface area contributed by atoms with E-state index >= 15 is 0 Å². The summed E-state index contributed by atoms with van der Waals surface area (Å²) >= 11 is 1.42. The van der Waals surface area contributed by atoms with Crippen LogP contribution < -0.4 is 10.6 Å². The van der Waals surface area contributed by atoms with E-state index in [0.29, 0.717) is 5.56 Å². The molecule has 3 rings (SSSR count). The molecule has 6 heteroatoms. The van der Waals surface area contributed by atoms with E-state index in [1.54, 1.807) is 6.07 Å². The second-order valence-electron chi connectivity index (χ2n) is 5.47. The first kappa shape index (κ1) is 16.3. The monoisotopic (exact) mass is 342 g/mol. The van der Waals surface area contributed by atoms with Gasteiger partial charge >= 0.3 is 6.03 Å². The highest BCUT2D eigenvalue weighted by atomic mass is 32.1. The van der Waals surface area contributed by atoms with E-state index in [-0.39, 0.29) is 12.6 Å². The summed E-state index contributed by atoms with van der Waals surface area (Å²) in [5.74, 6) is 0. The van der Waals surface area contributed by atoms with Crippen molar-refractivity contribution in [1.82, 2.24) is 5.32 Å². The highest BCUT2D eigenvalue weighted by molar-refractivity contribution is 7.10. The van der Waals surface area contributed by atoms with Crippen molar-refractivity contribution in [2.45, 2.75) is 12.5 Å². The molecule has 0 bridgehead atoms. The number of para-hydroxylation sites is 1. The summed E-state index contributed by atoms with van der Waals surface area (Å²) in [5.41, 5.74) is 0.972. The highest BCUT2D eigenvalue weighted by Crippen LogP contribution is 2.32. The highest BCUT2D eigenvalue weighted by Gasteiger charge is 2.34. The van der Waals surface area contributed by atoms with Crippen molar-refractivity contribution in [1.29, 1.82) is 0 Å². The lowest BCUT2D eigenvalue weighted by atomic mass is 9.94. The number of benzene rings is 1. The molecule has 0 aliphatic rings. The van der Waals surface area contributed by atoms with Crippen LogP contribution in [-0.2, 0) is 5.60 Å². The standard InChI is InChI=1S/C18H18N2O3S/c1-13-5-2-3-6-15(13)20-17(21)19-12-18(22,14-8-9-23-11-14)16-7-4-10-24-16/h2-11,22H,12H2,1H3,(H2,19,20,21)/t18-/m0/s1. The molecule has 124 valence electrons. The van der Waals surface area contributed by atoms with Crippen LogP contribution in [0.5, 0.6) is 0 Å². The molecule has 3 aromatic rings. The molecule has 3 N–H and O–H groups in total. The molecule has 5 nitrogen and oxygen atoms in total. The van der Waals surface area contributed by atoms with Gasteiger partial charge in [0.25, 0.3) is 0 Å². The topological polar surface area (TPSA) is 74.5 Å². The van der Waals surface area contributed by atoms with Gasteiger partial charge in [0.05, 0.1) is 19.1 Å². The maximum absolute atomic E-state index is 12.2. The fourth-order valence-corrected chi connectivity index (χ4v) is 3.28. The van der Waals surface area contributed by atoms with E-state index in [4.69, 9.17) is 4.42 Å². The van der Waals surface area contributed by atoms with Crippen LogP contribution in [0.3, 0.4) is 0 Å². The minimum absolute atomic E-state index is 0.0325. The Morgan fingerprint density at radius 1 is 1.25 bits per heavy atom. The average Bonchev–Trinajstić information content (AvgIpc) is 3.28. The minimum atomic E-state index is -1.33. The number of anilines is 1. The van der Waals surface area contributed by atoms with Crippen LogP contribution in [-0.4, -0.2) is 17.7 Å². The maximum Gasteiger partial charge on any atom is 0.319 e. The third kappa shape index (κ3) is 3.34. The number of thiophene rings is 1. The number of nitrogens with one attached hydrogen (secondary N) is 2. The van der Waals surface area contributed by atoms with Crippen LogP contribution >= 0.6 is 11.3 Å². The summed E-state index contributed by atoms with van der Waals surface area (Å²) in [5, 5.41) is 18.5. The van der Waals surface area contributed by atoms with Crippen molar-refractivity contribution in [2.24, 2.45) is 0 Å². The molecule has 0 aliphatic heterocycles. The fourth-order valence-electron chi connectivity index (χ4n) is 2.43. The summed E-state index contributed by atoms with van der Waals surface area (Å²) in [4.78, 5) is 12.9. The zero-order chi connectivity index (χ0) is 17.0. The summed E-state index contributed by atoms with van der Waals surface area (Å²) in [6, 6.07) is 12.5. The molecule has 2 heterocycles. The van der Waals surface area contributed by atoms with Crippen molar-refractivity contribution in [2.75, 3.05) is 11.9 Å². The van der Waals surface area contributed by atoms with Gasteiger partial charge in [0.2, 0.25) is 0 Å². The Kier molecular flexibility index (Phi) is 4.69. The number of furan rings is 1. The first-order chi connectivity index (χ1) is 11.6. The SMILES string of the molecule is Cc1ccccc1NC(=O)NC[C@](O)(c1ccoc1)c1cccs1.